The highest BCUT2D eigenvalue weighted by Gasteiger charge is 2.23. The van der Waals surface area contributed by atoms with Gasteiger partial charge in [0.05, 0.1) is 28.8 Å². The van der Waals surface area contributed by atoms with Crippen LogP contribution in [0.15, 0.2) is 52.9 Å². The summed E-state index contributed by atoms with van der Waals surface area (Å²) in [7, 11) is 1.51. The first-order valence-corrected chi connectivity index (χ1v) is 11.3. The smallest absolute Gasteiger partial charge is 0.270 e. The van der Waals surface area contributed by atoms with E-state index < -0.39 is 10.8 Å². The molecule has 2 heterocycles. The average molecular weight is 497 g/mol. The molecule has 3 aromatic rings. The standard InChI is InChI=1S/C24H24N4O6S/c1-33-22-12-15(4-7-18(22)21-9-6-17(14-29)34-21)25-24(35)26-23(30)19-13-16(28(31)32)5-8-20(19)27-10-2-3-11-27/h4-9,12-13,29H,2-3,10-11,14H2,1H3,(H2,25,26,30,35). The summed E-state index contributed by atoms with van der Waals surface area (Å²) in [5, 5.41) is 26.1. The van der Waals surface area contributed by atoms with Crippen molar-refractivity contribution in [1.82, 2.24) is 5.32 Å². The first-order valence-electron chi connectivity index (χ1n) is 10.9. The Labute approximate surface area is 206 Å². The number of nitro groups is 1. The average Bonchev–Trinajstić information content (AvgIpc) is 3.56. The van der Waals surface area contributed by atoms with E-state index in [0.29, 0.717) is 34.2 Å². The third kappa shape index (κ3) is 5.42. The molecule has 1 fully saturated rings. The number of anilines is 2. The lowest BCUT2D eigenvalue weighted by Gasteiger charge is -2.21. The summed E-state index contributed by atoms with van der Waals surface area (Å²) in [4.78, 5) is 25.8. The van der Waals surface area contributed by atoms with Crippen molar-refractivity contribution in [3.8, 4) is 17.1 Å². The van der Waals surface area contributed by atoms with E-state index in [0.717, 1.165) is 25.9 Å². The fraction of sp³-hybridized carbons (Fsp3) is 0.250. The van der Waals surface area contributed by atoms with Crippen molar-refractivity contribution in [3.05, 3.63) is 70.0 Å². The first kappa shape index (κ1) is 24.2. The van der Waals surface area contributed by atoms with Gasteiger partial charge < -0.3 is 24.5 Å². The molecule has 0 aliphatic carbocycles. The monoisotopic (exact) mass is 496 g/mol. The predicted octanol–water partition coefficient (Wildman–Crippen LogP) is 4.08. The van der Waals surface area contributed by atoms with Crippen molar-refractivity contribution in [1.29, 1.82) is 0 Å². The van der Waals surface area contributed by atoms with Crippen LogP contribution in [0.2, 0.25) is 0 Å². The zero-order valence-electron chi connectivity index (χ0n) is 18.9. The Morgan fingerprint density at radius 3 is 2.63 bits per heavy atom. The van der Waals surface area contributed by atoms with E-state index in [1.807, 2.05) is 4.90 Å². The van der Waals surface area contributed by atoms with Crippen LogP contribution in [0.4, 0.5) is 17.1 Å². The van der Waals surface area contributed by atoms with Gasteiger partial charge >= 0.3 is 0 Å². The minimum atomic E-state index is -0.538. The number of methoxy groups -OCH3 is 1. The summed E-state index contributed by atoms with van der Waals surface area (Å²) >= 11 is 5.32. The molecular formula is C24H24N4O6S. The number of aliphatic hydroxyl groups excluding tert-OH is 1. The Balaban J connectivity index is 1.51. The molecule has 11 heteroatoms. The van der Waals surface area contributed by atoms with E-state index in [4.69, 9.17) is 21.4 Å². The summed E-state index contributed by atoms with van der Waals surface area (Å²) in [5.74, 6) is 0.929. The minimum Gasteiger partial charge on any atom is -0.496 e. The number of carbonyl (C=O) groups excluding carboxylic acids is 1. The number of hydrogen-bond donors (Lipinski definition) is 3. The molecule has 3 N–H and O–H groups in total. The van der Waals surface area contributed by atoms with Crippen molar-refractivity contribution in [3.63, 3.8) is 0 Å². The SMILES string of the molecule is COc1cc(NC(=S)NC(=O)c2cc([N+](=O)[O-])ccc2N2CCCC2)ccc1-c1ccc(CO)o1. The highest BCUT2D eigenvalue weighted by molar-refractivity contribution is 7.80. The topological polar surface area (TPSA) is 130 Å². The number of amides is 1. The zero-order valence-corrected chi connectivity index (χ0v) is 19.8. The highest BCUT2D eigenvalue weighted by atomic mass is 32.1. The van der Waals surface area contributed by atoms with Gasteiger partial charge in [0.15, 0.2) is 5.11 Å². The normalized spacial score (nSPS) is 12.9. The van der Waals surface area contributed by atoms with Crippen LogP contribution in [-0.2, 0) is 6.61 Å². The number of nitrogens with zero attached hydrogens (tertiary/aromatic N) is 2. The molecule has 0 spiro atoms. The third-order valence-corrected chi connectivity index (χ3v) is 5.86. The molecule has 1 saturated heterocycles. The van der Waals surface area contributed by atoms with Gasteiger partial charge in [-0.25, -0.2) is 0 Å². The van der Waals surface area contributed by atoms with E-state index in [2.05, 4.69) is 10.6 Å². The molecule has 4 rings (SSSR count). The molecule has 2 aromatic carbocycles. The molecule has 35 heavy (non-hydrogen) atoms. The number of carbonyl (C=O) groups is 1. The fourth-order valence-corrected chi connectivity index (χ4v) is 4.18. The number of furan rings is 1. The Kier molecular flexibility index (Phi) is 7.28. The van der Waals surface area contributed by atoms with E-state index in [9.17, 15) is 20.0 Å². The van der Waals surface area contributed by atoms with Crippen LogP contribution < -0.4 is 20.3 Å². The summed E-state index contributed by atoms with van der Waals surface area (Å²) in [5.41, 5.74) is 1.90. The third-order valence-electron chi connectivity index (χ3n) is 5.65. The van der Waals surface area contributed by atoms with Gasteiger partial charge in [-0.15, -0.1) is 0 Å². The second-order valence-corrected chi connectivity index (χ2v) is 8.31. The first-order chi connectivity index (χ1) is 16.9. The number of non-ortho nitro benzene ring substituents is 1. The molecule has 10 nitrogen and oxygen atoms in total. The van der Waals surface area contributed by atoms with E-state index in [1.165, 1.54) is 19.2 Å². The number of benzene rings is 2. The molecule has 1 aliphatic heterocycles. The van der Waals surface area contributed by atoms with Crippen LogP contribution in [0.5, 0.6) is 5.75 Å². The van der Waals surface area contributed by atoms with E-state index in [-0.39, 0.29) is 23.0 Å². The van der Waals surface area contributed by atoms with Crippen molar-refractivity contribution in [2.24, 2.45) is 0 Å². The maximum Gasteiger partial charge on any atom is 0.270 e. The van der Waals surface area contributed by atoms with E-state index >= 15 is 0 Å². The molecule has 1 amide bonds. The lowest BCUT2D eigenvalue weighted by atomic mass is 10.1. The van der Waals surface area contributed by atoms with Crippen LogP contribution in [0, 0.1) is 10.1 Å². The van der Waals surface area contributed by atoms with Crippen LogP contribution in [0.1, 0.15) is 29.0 Å². The second kappa shape index (κ2) is 10.5. The van der Waals surface area contributed by atoms with Crippen molar-refractivity contribution in [2.75, 3.05) is 30.4 Å². The van der Waals surface area contributed by atoms with Gasteiger partial charge in [-0.3, -0.25) is 20.2 Å². The van der Waals surface area contributed by atoms with Crippen LogP contribution in [-0.4, -0.2) is 41.2 Å². The Hall–Kier alpha value is -3.96. The lowest BCUT2D eigenvalue weighted by Crippen LogP contribution is -2.35. The predicted molar refractivity (Wildman–Crippen MR) is 135 cm³/mol. The maximum absolute atomic E-state index is 13.0. The number of hydrogen-bond acceptors (Lipinski definition) is 8. The number of ether oxygens (including phenoxy) is 1. The number of aliphatic hydroxyl groups is 1. The van der Waals surface area contributed by atoms with Crippen molar-refractivity contribution >= 4 is 40.3 Å². The van der Waals surface area contributed by atoms with Gasteiger partial charge in [0.25, 0.3) is 11.6 Å². The molecule has 0 radical (unpaired) electrons. The Morgan fingerprint density at radius 1 is 1.20 bits per heavy atom. The fourth-order valence-electron chi connectivity index (χ4n) is 3.97. The Bertz CT molecular complexity index is 1270. The highest BCUT2D eigenvalue weighted by Crippen LogP contribution is 2.34. The molecular weight excluding hydrogens is 472 g/mol. The van der Waals surface area contributed by atoms with Crippen LogP contribution >= 0.6 is 12.2 Å². The van der Waals surface area contributed by atoms with Gasteiger partial charge in [0.2, 0.25) is 0 Å². The molecule has 1 aromatic heterocycles. The van der Waals surface area contributed by atoms with Crippen molar-refractivity contribution < 1.29 is 24.0 Å². The summed E-state index contributed by atoms with van der Waals surface area (Å²) in [6, 6.07) is 12.9. The Morgan fingerprint density at radius 2 is 1.97 bits per heavy atom. The number of thiocarbonyl (C=S) groups is 1. The number of nitro benzene ring substituents is 1. The van der Waals surface area contributed by atoms with Gasteiger partial charge in [-0.05, 0) is 55.4 Å². The molecule has 0 unspecified atom stereocenters. The van der Waals surface area contributed by atoms with Gasteiger partial charge in [0.1, 0.15) is 23.9 Å². The van der Waals surface area contributed by atoms with Crippen LogP contribution in [0.25, 0.3) is 11.3 Å². The molecule has 1 aliphatic rings. The summed E-state index contributed by atoms with van der Waals surface area (Å²) in [6.07, 6.45) is 1.99. The lowest BCUT2D eigenvalue weighted by molar-refractivity contribution is -0.384. The largest absolute Gasteiger partial charge is 0.496 e. The quantitative estimate of drug-likeness (QED) is 0.252. The summed E-state index contributed by atoms with van der Waals surface area (Å²) < 4.78 is 11.0. The van der Waals surface area contributed by atoms with Gasteiger partial charge in [-0.2, -0.15) is 0 Å². The second-order valence-electron chi connectivity index (χ2n) is 7.90. The number of nitrogens with one attached hydrogen (secondary N) is 2. The molecule has 0 atom stereocenters. The van der Waals surface area contributed by atoms with E-state index in [1.54, 1.807) is 36.4 Å². The summed E-state index contributed by atoms with van der Waals surface area (Å²) in [6.45, 7) is 1.35. The van der Waals surface area contributed by atoms with Crippen molar-refractivity contribution in [2.45, 2.75) is 19.4 Å². The van der Waals surface area contributed by atoms with Gasteiger partial charge in [0, 0.05) is 37.0 Å². The van der Waals surface area contributed by atoms with Gasteiger partial charge in [-0.1, -0.05) is 0 Å². The molecule has 0 bridgehead atoms. The number of rotatable bonds is 7. The van der Waals surface area contributed by atoms with Crippen LogP contribution in [0.3, 0.4) is 0 Å². The molecule has 0 saturated carbocycles. The molecule has 182 valence electrons. The maximum atomic E-state index is 13.0. The minimum absolute atomic E-state index is 0.0317. The zero-order chi connectivity index (χ0) is 24.9.